The van der Waals surface area contributed by atoms with Gasteiger partial charge in [0.2, 0.25) is 0 Å². The zero-order valence-electron chi connectivity index (χ0n) is 12.0. The van der Waals surface area contributed by atoms with E-state index in [1.807, 2.05) is 30.8 Å². The van der Waals surface area contributed by atoms with Crippen molar-refractivity contribution in [2.24, 2.45) is 0 Å². The average Bonchev–Trinajstić information content (AvgIpc) is 2.87. The Kier molecular flexibility index (Phi) is 4.94. The molecule has 0 saturated heterocycles. The highest BCUT2D eigenvalue weighted by molar-refractivity contribution is 9.10. The molecule has 0 aliphatic rings. The summed E-state index contributed by atoms with van der Waals surface area (Å²) in [5, 5.41) is 7.73. The van der Waals surface area contributed by atoms with Crippen LogP contribution in [0.5, 0.6) is 0 Å². The number of hydrogen-bond acceptors (Lipinski definition) is 2. The Labute approximate surface area is 127 Å². The summed E-state index contributed by atoms with van der Waals surface area (Å²) in [5.74, 6) is -0.213. The fraction of sp³-hybridized carbons (Fsp3) is 0.400. The van der Waals surface area contributed by atoms with Crippen molar-refractivity contribution in [2.75, 3.05) is 7.05 Å². The molecular formula is C15H19BrFN3. The molecule has 2 aromatic rings. The van der Waals surface area contributed by atoms with E-state index in [9.17, 15) is 4.39 Å². The highest BCUT2D eigenvalue weighted by Crippen LogP contribution is 2.27. The minimum absolute atomic E-state index is 0.208. The van der Waals surface area contributed by atoms with E-state index >= 15 is 0 Å². The molecule has 1 atom stereocenters. The van der Waals surface area contributed by atoms with Crippen molar-refractivity contribution < 1.29 is 4.39 Å². The molecule has 0 spiro atoms. The van der Waals surface area contributed by atoms with Crippen molar-refractivity contribution in [1.29, 1.82) is 0 Å². The summed E-state index contributed by atoms with van der Waals surface area (Å²) in [6, 6.07) is 6.84. The lowest BCUT2D eigenvalue weighted by Gasteiger charge is -2.19. The summed E-state index contributed by atoms with van der Waals surface area (Å²) in [4.78, 5) is 0. The van der Waals surface area contributed by atoms with Crippen LogP contribution in [0, 0.1) is 5.82 Å². The van der Waals surface area contributed by atoms with Crippen LogP contribution < -0.4 is 5.32 Å². The lowest BCUT2D eigenvalue weighted by Crippen LogP contribution is -2.22. The summed E-state index contributed by atoms with van der Waals surface area (Å²) >= 11 is 3.40. The van der Waals surface area contributed by atoms with Gasteiger partial charge in [0.15, 0.2) is 0 Å². The van der Waals surface area contributed by atoms with E-state index in [1.165, 1.54) is 6.07 Å². The van der Waals surface area contributed by atoms with E-state index in [4.69, 9.17) is 0 Å². The molecule has 0 amide bonds. The highest BCUT2D eigenvalue weighted by atomic mass is 79.9. The number of aromatic nitrogens is 2. The van der Waals surface area contributed by atoms with Gasteiger partial charge in [-0.05, 0) is 44.7 Å². The van der Waals surface area contributed by atoms with E-state index in [0.29, 0.717) is 5.56 Å². The van der Waals surface area contributed by atoms with E-state index in [1.54, 1.807) is 6.07 Å². The van der Waals surface area contributed by atoms with Crippen molar-refractivity contribution in [2.45, 2.75) is 32.9 Å². The molecule has 1 heterocycles. The molecule has 108 valence electrons. The van der Waals surface area contributed by atoms with Crippen molar-refractivity contribution in [3.8, 4) is 0 Å². The predicted octanol–water partition coefficient (Wildman–Crippen LogP) is 3.68. The summed E-state index contributed by atoms with van der Waals surface area (Å²) in [6.07, 6.45) is 0.872. The van der Waals surface area contributed by atoms with Crippen LogP contribution in [0.25, 0.3) is 0 Å². The smallest absolute Gasteiger partial charge is 0.128 e. The second-order valence-corrected chi connectivity index (χ2v) is 5.53. The Balaban J connectivity index is 2.51. The van der Waals surface area contributed by atoms with E-state index in [0.717, 1.165) is 28.8 Å². The number of nitrogens with zero attached hydrogens (tertiary/aromatic N) is 2. The highest BCUT2D eigenvalue weighted by Gasteiger charge is 2.21. The molecule has 1 unspecified atom stereocenters. The fourth-order valence-electron chi connectivity index (χ4n) is 2.34. The van der Waals surface area contributed by atoms with E-state index < -0.39 is 0 Å². The largest absolute Gasteiger partial charge is 0.308 e. The lowest BCUT2D eigenvalue weighted by atomic mass is 10.0. The van der Waals surface area contributed by atoms with E-state index in [-0.39, 0.29) is 11.9 Å². The van der Waals surface area contributed by atoms with Crippen LogP contribution in [-0.2, 0) is 13.0 Å². The summed E-state index contributed by atoms with van der Waals surface area (Å²) in [6.45, 7) is 4.88. The minimum Gasteiger partial charge on any atom is -0.308 e. The van der Waals surface area contributed by atoms with Crippen LogP contribution in [-0.4, -0.2) is 16.8 Å². The molecule has 5 heteroatoms. The molecule has 1 aromatic heterocycles. The first-order valence-corrected chi connectivity index (χ1v) is 7.58. The standard InChI is InChI=1S/C15H19BrFN3/c1-4-11-9-14(20(5-2)19-11)15(18-3)12-8-10(16)6-7-13(12)17/h6-9,15,18H,4-5H2,1-3H3. The fourth-order valence-corrected chi connectivity index (χ4v) is 2.72. The zero-order valence-corrected chi connectivity index (χ0v) is 13.5. The van der Waals surface area contributed by atoms with Gasteiger partial charge in [0.05, 0.1) is 17.4 Å². The first-order chi connectivity index (χ1) is 9.60. The van der Waals surface area contributed by atoms with Gasteiger partial charge in [-0.15, -0.1) is 0 Å². The Morgan fingerprint density at radius 3 is 2.70 bits per heavy atom. The summed E-state index contributed by atoms with van der Waals surface area (Å²) in [7, 11) is 1.84. The number of aryl methyl sites for hydroxylation is 2. The molecule has 0 bridgehead atoms. The third-order valence-corrected chi connectivity index (χ3v) is 3.87. The molecule has 0 fully saturated rings. The average molecular weight is 340 g/mol. The maximum absolute atomic E-state index is 14.1. The van der Waals surface area contributed by atoms with Gasteiger partial charge in [-0.3, -0.25) is 4.68 Å². The topological polar surface area (TPSA) is 29.9 Å². The first-order valence-electron chi connectivity index (χ1n) is 6.79. The van der Waals surface area contributed by atoms with Crippen molar-refractivity contribution in [3.63, 3.8) is 0 Å². The molecule has 1 aromatic carbocycles. The zero-order chi connectivity index (χ0) is 14.7. The molecule has 3 nitrogen and oxygen atoms in total. The Morgan fingerprint density at radius 1 is 1.35 bits per heavy atom. The maximum Gasteiger partial charge on any atom is 0.128 e. The van der Waals surface area contributed by atoms with Gasteiger partial charge < -0.3 is 5.32 Å². The molecule has 1 N–H and O–H groups in total. The lowest BCUT2D eigenvalue weighted by molar-refractivity contribution is 0.531. The van der Waals surface area contributed by atoms with Crippen LogP contribution in [0.1, 0.15) is 36.8 Å². The second-order valence-electron chi connectivity index (χ2n) is 4.62. The number of hydrogen-bond donors (Lipinski definition) is 1. The Hall–Kier alpha value is -1.20. The number of benzene rings is 1. The van der Waals surface area contributed by atoms with Gasteiger partial charge in [-0.25, -0.2) is 4.39 Å². The van der Waals surface area contributed by atoms with Crippen molar-refractivity contribution in [1.82, 2.24) is 15.1 Å². The SMILES string of the molecule is CCc1cc(C(NC)c2cc(Br)ccc2F)n(CC)n1. The first kappa shape index (κ1) is 15.2. The second kappa shape index (κ2) is 6.50. The minimum atomic E-state index is -0.213. The number of halogens is 2. The Bertz CT molecular complexity index is 595. The molecule has 0 radical (unpaired) electrons. The molecular weight excluding hydrogens is 321 g/mol. The monoisotopic (exact) mass is 339 g/mol. The summed E-state index contributed by atoms with van der Waals surface area (Å²) < 4.78 is 16.9. The molecule has 0 saturated carbocycles. The molecule has 20 heavy (non-hydrogen) atoms. The maximum atomic E-state index is 14.1. The van der Waals surface area contributed by atoms with E-state index in [2.05, 4.69) is 33.3 Å². The van der Waals surface area contributed by atoms with Crippen molar-refractivity contribution >= 4 is 15.9 Å². The van der Waals surface area contributed by atoms with Crippen LogP contribution in [0.4, 0.5) is 4.39 Å². The predicted molar refractivity (Wildman–Crippen MR) is 82.3 cm³/mol. The van der Waals surface area contributed by atoms with Crippen LogP contribution in [0.3, 0.4) is 0 Å². The van der Waals surface area contributed by atoms with Gasteiger partial charge in [0, 0.05) is 16.6 Å². The van der Waals surface area contributed by atoms with Crippen LogP contribution in [0.2, 0.25) is 0 Å². The normalized spacial score (nSPS) is 12.7. The quantitative estimate of drug-likeness (QED) is 0.900. The number of rotatable bonds is 5. The Morgan fingerprint density at radius 2 is 2.10 bits per heavy atom. The molecule has 0 aliphatic heterocycles. The number of nitrogens with one attached hydrogen (secondary N) is 1. The third-order valence-electron chi connectivity index (χ3n) is 3.38. The van der Waals surface area contributed by atoms with Crippen molar-refractivity contribution in [3.05, 3.63) is 51.5 Å². The molecule has 0 aliphatic carbocycles. The van der Waals surface area contributed by atoms with Crippen LogP contribution >= 0.6 is 15.9 Å². The van der Waals surface area contributed by atoms with Gasteiger partial charge in [0.25, 0.3) is 0 Å². The van der Waals surface area contributed by atoms with Crippen LogP contribution in [0.15, 0.2) is 28.7 Å². The third kappa shape index (κ3) is 2.94. The summed E-state index contributed by atoms with van der Waals surface area (Å²) in [5.41, 5.74) is 2.64. The van der Waals surface area contributed by atoms with Gasteiger partial charge in [0.1, 0.15) is 5.82 Å². The van der Waals surface area contributed by atoms with Gasteiger partial charge >= 0.3 is 0 Å². The van der Waals surface area contributed by atoms with Gasteiger partial charge in [-0.2, -0.15) is 5.10 Å². The molecule has 2 rings (SSSR count). The van der Waals surface area contributed by atoms with Gasteiger partial charge in [-0.1, -0.05) is 22.9 Å².